The highest BCUT2D eigenvalue weighted by Gasteiger charge is 2.25. The quantitative estimate of drug-likeness (QED) is 0.365. The summed E-state index contributed by atoms with van der Waals surface area (Å²) < 4.78 is 2.08. The molecule has 0 saturated carbocycles. The van der Waals surface area contributed by atoms with Crippen LogP contribution in [0, 0.1) is 0 Å². The Bertz CT molecular complexity index is 1390. The van der Waals surface area contributed by atoms with E-state index in [-0.39, 0.29) is 18.0 Å². The molecule has 0 radical (unpaired) electrons. The maximum atomic E-state index is 11.8. The van der Waals surface area contributed by atoms with E-state index in [4.69, 9.17) is 20.1 Å². The highest BCUT2D eigenvalue weighted by Crippen LogP contribution is 2.32. The van der Waals surface area contributed by atoms with Crippen molar-refractivity contribution in [1.82, 2.24) is 29.6 Å². The van der Waals surface area contributed by atoms with Gasteiger partial charge in [0.25, 0.3) is 0 Å². The molecule has 4 heterocycles. The maximum absolute atomic E-state index is 11.8. The Morgan fingerprint density at radius 1 is 0.973 bits per heavy atom. The molecule has 1 aromatic carbocycles. The van der Waals surface area contributed by atoms with Crippen LogP contribution in [0.15, 0.2) is 42.7 Å². The van der Waals surface area contributed by atoms with E-state index >= 15 is 0 Å². The molecule has 9 nitrogen and oxygen atoms in total. The minimum atomic E-state index is 0.0302. The molecule has 37 heavy (non-hydrogen) atoms. The summed E-state index contributed by atoms with van der Waals surface area (Å²) in [5.41, 5.74) is 3.88. The Balaban J connectivity index is 1.54. The fourth-order valence-electron chi connectivity index (χ4n) is 5.19. The third kappa shape index (κ3) is 4.95. The average Bonchev–Trinajstić information content (AvgIpc) is 3.36. The van der Waals surface area contributed by atoms with Gasteiger partial charge in [-0.05, 0) is 37.0 Å². The second kappa shape index (κ2) is 10.7. The summed E-state index contributed by atoms with van der Waals surface area (Å²) in [6, 6.07) is 10.7. The number of carbonyl (C=O) groups excluding carboxylic acids is 1. The number of rotatable bonds is 8. The molecule has 4 aromatic rings. The van der Waals surface area contributed by atoms with Gasteiger partial charge in [-0.25, -0.2) is 4.98 Å². The fourth-order valence-corrected chi connectivity index (χ4v) is 5.19. The molecular weight excluding hydrogens is 464 g/mol. The van der Waals surface area contributed by atoms with E-state index in [0.717, 1.165) is 52.6 Å². The lowest BCUT2D eigenvalue weighted by Crippen LogP contribution is -2.48. The molecule has 5 rings (SSSR count). The molecular formula is C28H36N8O. The van der Waals surface area contributed by atoms with Gasteiger partial charge in [0.2, 0.25) is 11.9 Å². The van der Waals surface area contributed by atoms with Crippen LogP contribution >= 0.6 is 0 Å². The number of benzene rings is 1. The summed E-state index contributed by atoms with van der Waals surface area (Å²) in [6.45, 7) is 10.9. The zero-order chi connectivity index (χ0) is 25.9. The summed E-state index contributed by atoms with van der Waals surface area (Å²) in [5, 5.41) is 9.63. The zero-order valence-electron chi connectivity index (χ0n) is 22.2. The molecule has 1 N–H and O–H groups in total. The van der Waals surface area contributed by atoms with Crippen LogP contribution in [0.4, 0.5) is 11.8 Å². The van der Waals surface area contributed by atoms with Gasteiger partial charge >= 0.3 is 0 Å². The van der Waals surface area contributed by atoms with Crippen LogP contribution in [0.5, 0.6) is 0 Å². The van der Waals surface area contributed by atoms with Crippen molar-refractivity contribution in [3.8, 4) is 0 Å². The SMILES string of the molecule is CCC(Nc1nc(N2CCN(C(C)=O)CC2)nc2cnn(C(CC)CC)c12)c1cnc2ccccc2c1. The number of aromatic nitrogens is 5. The summed E-state index contributed by atoms with van der Waals surface area (Å²) in [7, 11) is 0. The predicted octanol–water partition coefficient (Wildman–Crippen LogP) is 4.97. The number of para-hydroxylation sites is 1. The highest BCUT2D eigenvalue weighted by atomic mass is 16.2. The number of hydrogen-bond donors (Lipinski definition) is 1. The average molecular weight is 501 g/mol. The van der Waals surface area contributed by atoms with Gasteiger partial charge in [-0.2, -0.15) is 10.1 Å². The van der Waals surface area contributed by atoms with E-state index in [9.17, 15) is 4.79 Å². The van der Waals surface area contributed by atoms with Crippen LogP contribution in [0.1, 0.15) is 64.6 Å². The molecule has 0 bridgehead atoms. The molecule has 1 saturated heterocycles. The van der Waals surface area contributed by atoms with E-state index < -0.39 is 0 Å². The van der Waals surface area contributed by atoms with Gasteiger partial charge in [-0.15, -0.1) is 0 Å². The Labute approximate surface area is 217 Å². The lowest BCUT2D eigenvalue weighted by molar-refractivity contribution is -0.129. The van der Waals surface area contributed by atoms with Crippen molar-refractivity contribution in [3.05, 3.63) is 48.3 Å². The number of amides is 1. The molecule has 1 atom stereocenters. The Hall–Kier alpha value is -3.75. The topological polar surface area (TPSA) is 92.1 Å². The number of pyridine rings is 1. The first kappa shape index (κ1) is 24.9. The molecule has 1 aliphatic heterocycles. The van der Waals surface area contributed by atoms with E-state index in [1.807, 2.05) is 35.5 Å². The van der Waals surface area contributed by atoms with Crippen molar-refractivity contribution in [2.24, 2.45) is 0 Å². The first-order valence-corrected chi connectivity index (χ1v) is 13.4. The number of hydrogen-bond acceptors (Lipinski definition) is 7. The van der Waals surface area contributed by atoms with Gasteiger partial charge in [0.05, 0.1) is 23.8 Å². The van der Waals surface area contributed by atoms with E-state index in [2.05, 4.69) is 47.8 Å². The van der Waals surface area contributed by atoms with Crippen LogP contribution in [-0.2, 0) is 4.79 Å². The largest absolute Gasteiger partial charge is 0.361 e. The number of nitrogens with one attached hydrogen (secondary N) is 1. The van der Waals surface area contributed by atoms with Crippen molar-refractivity contribution in [1.29, 1.82) is 0 Å². The number of carbonyl (C=O) groups is 1. The standard InChI is InChI=1S/C28H36N8O/c1-5-22(6-2)36-26-25(18-30-36)32-28(35-14-12-34(13-15-35)19(4)37)33-27(26)31-23(7-3)21-16-20-10-8-9-11-24(20)29-17-21/h8-11,16-18,22-23H,5-7,12-15H2,1-4H3,(H,31,32,33). The normalized spacial score (nSPS) is 15.1. The third-order valence-electron chi connectivity index (χ3n) is 7.46. The molecule has 0 spiro atoms. The molecule has 1 amide bonds. The Kier molecular flexibility index (Phi) is 7.21. The molecule has 1 fully saturated rings. The zero-order valence-corrected chi connectivity index (χ0v) is 22.2. The van der Waals surface area contributed by atoms with E-state index in [0.29, 0.717) is 32.1 Å². The van der Waals surface area contributed by atoms with Crippen molar-refractivity contribution >= 4 is 39.6 Å². The number of piperazine rings is 1. The van der Waals surface area contributed by atoms with Gasteiger partial charge in [0, 0.05) is 44.7 Å². The smallest absolute Gasteiger partial charge is 0.228 e. The number of anilines is 2. The van der Waals surface area contributed by atoms with Crippen LogP contribution in [0.25, 0.3) is 21.9 Å². The summed E-state index contributed by atoms with van der Waals surface area (Å²) in [6.07, 6.45) is 6.65. The summed E-state index contributed by atoms with van der Waals surface area (Å²) >= 11 is 0. The van der Waals surface area contributed by atoms with Crippen molar-refractivity contribution in [3.63, 3.8) is 0 Å². The van der Waals surface area contributed by atoms with Gasteiger partial charge < -0.3 is 15.1 Å². The van der Waals surface area contributed by atoms with Gasteiger partial charge in [0.1, 0.15) is 11.0 Å². The molecule has 3 aromatic heterocycles. The first-order chi connectivity index (χ1) is 18.0. The molecule has 0 aliphatic carbocycles. The molecule has 1 unspecified atom stereocenters. The van der Waals surface area contributed by atoms with Crippen LogP contribution in [0.3, 0.4) is 0 Å². The minimum Gasteiger partial charge on any atom is -0.361 e. The van der Waals surface area contributed by atoms with E-state index in [1.165, 1.54) is 0 Å². The minimum absolute atomic E-state index is 0.0302. The van der Waals surface area contributed by atoms with Crippen molar-refractivity contribution in [2.75, 3.05) is 36.4 Å². The Morgan fingerprint density at radius 3 is 2.43 bits per heavy atom. The lowest BCUT2D eigenvalue weighted by Gasteiger charge is -2.34. The fraction of sp³-hybridized carbons (Fsp3) is 0.464. The molecule has 194 valence electrons. The number of nitrogens with zero attached hydrogens (tertiary/aromatic N) is 7. The summed E-state index contributed by atoms with van der Waals surface area (Å²) in [5.74, 6) is 1.58. The van der Waals surface area contributed by atoms with Gasteiger partial charge in [0.15, 0.2) is 5.82 Å². The lowest BCUT2D eigenvalue weighted by atomic mass is 10.0. The maximum Gasteiger partial charge on any atom is 0.228 e. The Morgan fingerprint density at radius 2 is 1.73 bits per heavy atom. The number of fused-ring (bicyclic) bond motifs is 2. The first-order valence-electron chi connectivity index (χ1n) is 13.4. The van der Waals surface area contributed by atoms with Crippen LogP contribution in [0.2, 0.25) is 0 Å². The van der Waals surface area contributed by atoms with Crippen molar-refractivity contribution in [2.45, 2.75) is 59.0 Å². The molecule has 9 heteroatoms. The second-order valence-electron chi connectivity index (χ2n) is 9.73. The van der Waals surface area contributed by atoms with Crippen molar-refractivity contribution < 1.29 is 4.79 Å². The predicted molar refractivity (Wildman–Crippen MR) is 148 cm³/mol. The summed E-state index contributed by atoms with van der Waals surface area (Å²) in [4.78, 5) is 30.5. The van der Waals surface area contributed by atoms with Crippen LogP contribution < -0.4 is 10.2 Å². The second-order valence-corrected chi connectivity index (χ2v) is 9.73. The highest BCUT2D eigenvalue weighted by molar-refractivity contribution is 5.87. The van der Waals surface area contributed by atoms with Crippen LogP contribution in [-0.4, -0.2) is 61.7 Å². The monoisotopic (exact) mass is 500 g/mol. The van der Waals surface area contributed by atoms with Gasteiger partial charge in [-0.1, -0.05) is 39.0 Å². The van der Waals surface area contributed by atoms with Gasteiger partial charge in [-0.3, -0.25) is 14.5 Å². The third-order valence-corrected chi connectivity index (χ3v) is 7.46. The van der Waals surface area contributed by atoms with E-state index in [1.54, 1.807) is 6.92 Å². The molecule has 1 aliphatic rings.